The molecule has 2 aliphatic rings. The van der Waals surface area contributed by atoms with Gasteiger partial charge in [-0.05, 0) is 42.9 Å². The molecule has 4 nitrogen and oxygen atoms in total. The predicted octanol–water partition coefficient (Wildman–Crippen LogP) is 2.85. The van der Waals surface area contributed by atoms with Gasteiger partial charge in [-0.1, -0.05) is 13.8 Å². The van der Waals surface area contributed by atoms with Crippen LogP contribution in [0.3, 0.4) is 0 Å². The van der Waals surface area contributed by atoms with Crippen LogP contribution in [-0.4, -0.2) is 33.8 Å². The number of halogens is 1. The third kappa shape index (κ3) is 2.93. The zero-order chi connectivity index (χ0) is 15.9. The third-order valence-electron chi connectivity index (χ3n) is 4.53. The van der Waals surface area contributed by atoms with E-state index < -0.39 is 10.0 Å². The Balaban J connectivity index is 1.93. The van der Waals surface area contributed by atoms with Gasteiger partial charge in [-0.2, -0.15) is 0 Å². The van der Waals surface area contributed by atoms with Crippen LogP contribution < -0.4 is 9.21 Å². The van der Waals surface area contributed by atoms with Gasteiger partial charge in [0, 0.05) is 19.6 Å². The van der Waals surface area contributed by atoms with Gasteiger partial charge >= 0.3 is 0 Å². The second-order valence-corrected chi connectivity index (χ2v) is 8.74. The molecule has 0 amide bonds. The summed E-state index contributed by atoms with van der Waals surface area (Å²) in [5.41, 5.74) is 1.11. The Kier molecular flexibility index (Phi) is 4.05. The lowest BCUT2D eigenvalue weighted by atomic mass is 9.91. The van der Waals surface area contributed by atoms with Crippen molar-refractivity contribution in [3.8, 4) is 0 Å². The van der Waals surface area contributed by atoms with E-state index in [2.05, 4.69) is 18.7 Å². The summed E-state index contributed by atoms with van der Waals surface area (Å²) in [6, 6.07) is 4.66. The summed E-state index contributed by atoms with van der Waals surface area (Å²) in [5, 5.41) is 0. The molecule has 0 saturated carbocycles. The smallest absolute Gasteiger partial charge is 0.235 e. The van der Waals surface area contributed by atoms with Crippen LogP contribution in [0.25, 0.3) is 0 Å². The fourth-order valence-electron chi connectivity index (χ4n) is 3.69. The maximum atomic E-state index is 14.3. The van der Waals surface area contributed by atoms with Crippen molar-refractivity contribution in [3.05, 3.63) is 24.0 Å². The van der Waals surface area contributed by atoms with Crippen molar-refractivity contribution in [1.82, 2.24) is 0 Å². The van der Waals surface area contributed by atoms with Crippen molar-refractivity contribution >= 4 is 21.4 Å². The highest BCUT2D eigenvalue weighted by Crippen LogP contribution is 2.33. The van der Waals surface area contributed by atoms with Gasteiger partial charge in [-0.15, -0.1) is 0 Å². The molecular weight excluding hydrogens is 303 g/mol. The summed E-state index contributed by atoms with van der Waals surface area (Å²) in [4.78, 5) is 2.06. The average molecular weight is 326 g/mol. The van der Waals surface area contributed by atoms with Crippen LogP contribution in [0.4, 0.5) is 15.8 Å². The zero-order valence-electron chi connectivity index (χ0n) is 13.1. The molecule has 6 heteroatoms. The van der Waals surface area contributed by atoms with E-state index in [4.69, 9.17) is 0 Å². The summed E-state index contributed by atoms with van der Waals surface area (Å²) < 4.78 is 39.8. The van der Waals surface area contributed by atoms with Gasteiger partial charge in [-0.3, -0.25) is 4.31 Å². The van der Waals surface area contributed by atoms with E-state index in [1.165, 1.54) is 10.4 Å². The number of hydrogen-bond donors (Lipinski definition) is 0. The Morgan fingerprint density at radius 2 is 1.86 bits per heavy atom. The molecule has 2 fully saturated rings. The van der Waals surface area contributed by atoms with Crippen LogP contribution in [-0.2, 0) is 10.0 Å². The van der Waals surface area contributed by atoms with Gasteiger partial charge < -0.3 is 4.90 Å². The maximum Gasteiger partial charge on any atom is 0.235 e. The van der Waals surface area contributed by atoms with E-state index in [0.29, 0.717) is 36.2 Å². The SMILES string of the molecule is C[C@@H]1C[C@H](C)CN(c2cc(N3CCCS3(=O)=O)ccc2F)C1. The van der Waals surface area contributed by atoms with Gasteiger partial charge in [0.15, 0.2) is 0 Å². The molecule has 1 aromatic rings. The Bertz CT molecular complexity index is 652. The minimum absolute atomic E-state index is 0.178. The number of rotatable bonds is 2. The van der Waals surface area contributed by atoms with Gasteiger partial charge in [0.05, 0.1) is 17.1 Å². The molecule has 2 saturated heterocycles. The Morgan fingerprint density at radius 3 is 2.45 bits per heavy atom. The van der Waals surface area contributed by atoms with Crippen molar-refractivity contribution in [2.75, 3.05) is 34.6 Å². The summed E-state index contributed by atoms with van der Waals surface area (Å²) >= 11 is 0. The Labute approximate surface area is 132 Å². The van der Waals surface area contributed by atoms with Gasteiger partial charge in [0.25, 0.3) is 0 Å². The number of piperidine rings is 1. The molecule has 3 rings (SSSR count). The molecule has 0 bridgehead atoms. The minimum Gasteiger partial charge on any atom is -0.369 e. The lowest BCUT2D eigenvalue weighted by molar-refractivity contribution is 0.354. The minimum atomic E-state index is -3.23. The standard InChI is InChI=1S/C16H23FN2O2S/c1-12-8-13(2)11-18(10-12)16-9-14(4-5-15(16)17)19-6-3-7-22(19,20)21/h4-5,9,12-13H,3,6-8,10-11H2,1-2H3/t12-,13+. The molecule has 2 aliphatic heterocycles. The summed E-state index contributed by atoms with van der Waals surface area (Å²) in [6.07, 6.45) is 1.78. The number of sulfonamides is 1. The van der Waals surface area contributed by atoms with Crippen LogP contribution in [0.5, 0.6) is 0 Å². The first-order valence-electron chi connectivity index (χ1n) is 7.92. The molecule has 0 aromatic heterocycles. The van der Waals surface area contributed by atoms with Gasteiger partial charge in [0.2, 0.25) is 10.0 Å². The monoisotopic (exact) mass is 326 g/mol. The molecule has 0 aliphatic carbocycles. The molecule has 0 N–H and O–H groups in total. The second kappa shape index (κ2) is 5.72. The number of nitrogens with zero attached hydrogens (tertiary/aromatic N) is 2. The molecule has 2 heterocycles. The van der Waals surface area contributed by atoms with E-state index >= 15 is 0 Å². The average Bonchev–Trinajstić information content (AvgIpc) is 2.78. The fourth-order valence-corrected chi connectivity index (χ4v) is 5.24. The number of hydrogen-bond acceptors (Lipinski definition) is 3. The van der Waals surface area contributed by atoms with Crippen LogP contribution in [0.15, 0.2) is 18.2 Å². The summed E-state index contributed by atoms with van der Waals surface area (Å²) in [5.74, 6) is 0.934. The quantitative estimate of drug-likeness (QED) is 0.839. The zero-order valence-corrected chi connectivity index (χ0v) is 13.9. The summed E-state index contributed by atoms with van der Waals surface area (Å²) in [6.45, 7) is 6.47. The maximum absolute atomic E-state index is 14.3. The Hall–Kier alpha value is -1.30. The third-order valence-corrected chi connectivity index (χ3v) is 6.40. The van der Waals surface area contributed by atoms with Crippen molar-refractivity contribution in [3.63, 3.8) is 0 Å². The van der Waals surface area contributed by atoms with Crippen LogP contribution in [0.1, 0.15) is 26.7 Å². The first-order chi connectivity index (χ1) is 10.4. The van der Waals surface area contributed by atoms with Crippen LogP contribution >= 0.6 is 0 Å². The van der Waals surface area contributed by atoms with Gasteiger partial charge in [0.1, 0.15) is 5.82 Å². The van der Waals surface area contributed by atoms with Crippen molar-refractivity contribution in [2.45, 2.75) is 26.7 Å². The lowest BCUT2D eigenvalue weighted by Gasteiger charge is -2.37. The van der Waals surface area contributed by atoms with Crippen molar-refractivity contribution in [1.29, 1.82) is 0 Å². The first-order valence-corrected chi connectivity index (χ1v) is 9.52. The number of benzene rings is 1. The first kappa shape index (κ1) is 15.6. The lowest BCUT2D eigenvalue weighted by Crippen LogP contribution is -2.39. The van der Waals surface area contributed by atoms with Crippen molar-refractivity contribution in [2.24, 2.45) is 11.8 Å². The highest BCUT2D eigenvalue weighted by Gasteiger charge is 2.30. The van der Waals surface area contributed by atoms with Crippen molar-refractivity contribution < 1.29 is 12.8 Å². The van der Waals surface area contributed by atoms with Crippen LogP contribution in [0.2, 0.25) is 0 Å². The molecule has 0 radical (unpaired) electrons. The van der Waals surface area contributed by atoms with E-state index in [9.17, 15) is 12.8 Å². The number of anilines is 2. The van der Waals surface area contributed by atoms with E-state index in [-0.39, 0.29) is 11.6 Å². The molecule has 122 valence electrons. The van der Waals surface area contributed by atoms with Gasteiger partial charge in [-0.25, -0.2) is 12.8 Å². The molecular formula is C16H23FN2O2S. The van der Waals surface area contributed by atoms with E-state index in [1.807, 2.05) is 0 Å². The predicted molar refractivity (Wildman–Crippen MR) is 87.3 cm³/mol. The fraction of sp³-hybridized carbons (Fsp3) is 0.625. The second-order valence-electron chi connectivity index (χ2n) is 6.73. The molecule has 2 atom stereocenters. The Morgan fingerprint density at radius 1 is 1.18 bits per heavy atom. The van der Waals surface area contributed by atoms with E-state index in [1.54, 1.807) is 12.1 Å². The topological polar surface area (TPSA) is 40.6 Å². The molecule has 1 aromatic carbocycles. The normalized spacial score (nSPS) is 28.1. The molecule has 22 heavy (non-hydrogen) atoms. The molecule has 0 unspecified atom stereocenters. The van der Waals surface area contributed by atoms with E-state index in [0.717, 1.165) is 19.5 Å². The highest BCUT2D eigenvalue weighted by molar-refractivity contribution is 7.93. The highest BCUT2D eigenvalue weighted by atomic mass is 32.2. The summed E-state index contributed by atoms with van der Waals surface area (Å²) in [7, 11) is -3.23. The molecule has 0 spiro atoms. The largest absolute Gasteiger partial charge is 0.369 e. The van der Waals surface area contributed by atoms with Crippen LogP contribution in [0, 0.1) is 17.7 Å².